The van der Waals surface area contributed by atoms with E-state index in [1.807, 2.05) is 60.7 Å². The van der Waals surface area contributed by atoms with Gasteiger partial charge in [-0.2, -0.15) is 5.26 Å². The molecule has 0 spiro atoms. The van der Waals surface area contributed by atoms with Gasteiger partial charge in [0.05, 0.1) is 5.92 Å². The molecule has 0 saturated heterocycles. The SMILES string of the molecule is N#CC1=C(N)Oc2c(ccc3ccccc23)C1c1cccc(Cl)c1. The molecular formula is C20H13ClN2O. The van der Waals surface area contributed by atoms with Gasteiger partial charge in [-0.1, -0.05) is 60.1 Å². The van der Waals surface area contributed by atoms with Crippen LogP contribution in [0.25, 0.3) is 10.8 Å². The van der Waals surface area contributed by atoms with Gasteiger partial charge in [0.25, 0.3) is 0 Å². The van der Waals surface area contributed by atoms with Crippen LogP contribution in [-0.2, 0) is 0 Å². The van der Waals surface area contributed by atoms with E-state index in [2.05, 4.69) is 6.07 Å². The van der Waals surface area contributed by atoms with Crippen molar-refractivity contribution in [2.24, 2.45) is 5.73 Å². The van der Waals surface area contributed by atoms with Crippen LogP contribution < -0.4 is 10.5 Å². The number of fused-ring (bicyclic) bond motifs is 3. The molecule has 4 rings (SSSR count). The van der Waals surface area contributed by atoms with Crippen molar-refractivity contribution in [3.8, 4) is 11.8 Å². The number of halogens is 1. The van der Waals surface area contributed by atoms with E-state index in [4.69, 9.17) is 22.1 Å². The van der Waals surface area contributed by atoms with Gasteiger partial charge in [0.1, 0.15) is 17.4 Å². The molecule has 2 N–H and O–H groups in total. The maximum Gasteiger partial charge on any atom is 0.205 e. The average molecular weight is 333 g/mol. The minimum atomic E-state index is -0.290. The van der Waals surface area contributed by atoms with E-state index in [-0.39, 0.29) is 11.8 Å². The molecule has 1 atom stereocenters. The molecule has 4 heteroatoms. The van der Waals surface area contributed by atoms with Crippen molar-refractivity contribution in [3.63, 3.8) is 0 Å². The van der Waals surface area contributed by atoms with Gasteiger partial charge in [-0.3, -0.25) is 0 Å². The van der Waals surface area contributed by atoms with Crippen LogP contribution in [0.2, 0.25) is 5.02 Å². The first-order valence-electron chi connectivity index (χ1n) is 7.53. The van der Waals surface area contributed by atoms with Crippen molar-refractivity contribution in [3.05, 3.63) is 88.3 Å². The molecule has 0 aromatic heterocycles. The summed E-state index contributed by atoms with van der Waals surface area (Å²) >= 11 is 6.15. The van der Waals surface area contributed by atoms with Gasteiger partial charge in [0.15, 0.2) is 0 Å². The van der Waals surface area contributed by atoms with Crippen LogP contribution in [0, 0.1) is 11.3 Å². The zero-order valence-electron chi connectivity index (χ0n) is 12.7. The van der Waals surface area contributed by atoms with Crippen molar-refractivity contribution < 1.29 is 4.74 Å². The van der Waals surface area contributed by atoms with Crippen LogP contribution in [-0.4, -0.2) is 0 Å². The standard InChI is InChI=1S/C20H13ClN2O/c21-14-6-3-5-13(10-14)18-16-9-8-12-4-1-2-7-15(12)19(16)24-20(23)17(18)11-22/h1-10,18H,23H2. The van der Waals surface area contributed by atoms with Crippen LogP contribution in [0.4, 0.5) is 0 Å². The van der Waals surface area contributed by atoms with Gasteiger partial charge >= 0.3 is 0 Å². The third kappa shape index (κ3) is 2.20. The van der Waals surface area contributed by atoms with Gasteiger partial charge in [-0.15, -0.1) is 0 Å². The van der Waals surface area contributed by atoms with Crippen molar-refractivity contribution >= 4 is 22.4 Å². The molecule has 0 bridgehead atoms. The Kier molecular flexibility index (Phi) is 3.41. The van der Waals surface area contributed by atoms with E-state index in [9.17, 15) is 5.26 Å². The molecule has 1 aliphatic rings. The first-order chi connectivity index (χ1) is 11.7. The van der Waals surface area contributed by atoms with E-state index < -0.39 is 0 Å². The molecule has 1 heterocycles. The topological polar surface area (TPSA) is 59.0 Å². The van der Waals surface area contributed by atoms with Crippen molar-refractivity contribution in [1.82, 2.24) is 0 Å². The second kappa shape index (κ2) is 5.59. The molecule has 1 unspecified atom stereocenters. The Balaban J connectivity index is 2.02. The summed E-state index contributed by atoms with van der Waals surface area (Å²) < 4.78 is 5.83. The lowest BCUT2D eigenvalue weighted by Gasteiger charge is -2.27. The molecule has 0 aliphatic carbocycles. The fraction of sp³-hybridized carbons (Fsp3) is 0.0500. The summed E-state index contributed by atoms with van der Waals surface area (Å²) in [5.41, 5.74) is 8.30. The van der Waals surface area contributed by atoms with E-state index >= 15 is 0 Å². The average Bonchev–Trinajstić information content (AvgIpc) is 2.60. The molecule has 0 fully saturated rings. The number of benzene rings is 3. The number of allylic oxidation sites excluding steroid dienone is 1. The summed E-state index contributed by atoms with van der Waals surface area (Å²) in [5.74, 6) is 0.558. The van der Waals surface area contributed by atoms with E-state index in [0.717, 1.165) is 21.9 Å². The molecule has 0 saturated carbocycles. The number of hydrogen-bond acceptors (Lipinski definition) is 3. The summed E-state index contributed by atoms with van der Waals surface area (Å²) in [6.07, 6.45) is 0. The minimum Gasteiger partial charge on any atom is -0.440 e. The second-order valence-corrected chi connectivity index (χ2v) is 6.12. The summed E-state index contributed by atoms with van der Waals surface area (Å²) in [6.45, 7) is 0. The number of rotatable bonds is 1. The highest BCUT2D eigenvalue weighted by molar-refractivity contribution is 6.30. The first kappa shape index (κ1) is 14.6. The second-order valence-electron chi connectivity index (χ2n) is 5.68. The Morgan fingerprint density at radius 2 is 1.88 bits per heavy atom. The van der Waals surface area contributed by atoms with Crippen molar-refractivity contribution in [2.75, 3.05) is 0 Å². The first-order valence-corrected chi connectivity index (χ1v) is 7.91. The third-order valence-electron chi connectivity index (χ3n) is 4.29. The zero-order chi connectivity index (χ0) is 16.7. The molecule has 24 heavy (non-hydrogen) atoms. The van der Waals surface area contributed by atoms with E-state index in [1.165, 1.54) is 0 Å². The van der Waals surface area contributed by atoms with E-state index in [1.54, 1.807) is 0 Å². The highest BCUT2D eigenvalue weighted by Gasteiger charge is 2.31. The maximum atomic E-state index is 9.60. The lowest BCUT2D eigenvalue weighted by molar-refractivity contribution is 0.398. The normalized spacial score (nSPS) is 16.4. The molecule has 0 amide bonds. The Bertz CT molecular complexity index is 1030. The van der Waals surface area contributed by atoms with Gasteiger partial charge in [0, 0.05) is 16.0 Å². The molecular weight excluding hydrogens is 320 g/mol. The lowest BCUT2D eigenvalue weighted by Crippen LogP contribution is -2.21. The maximum absolute atomic E-state index is 9.60. The van der Waals surface area contributed by atoms with E-state index in [0.29, 0.717) is 16.3 Å². The zero-order valence-corrected chi connectivity index (χ0v) is 13.4. The van der Waals surface area contributed by atoms with Crippen LogP contribution in [0.3, 0.4) is 0 Å². The number of nitrogens with zero attached hydrogens (tertiary/aromatic N) is 1. The Morgan fingerprint density at radius 1 is 1.04 bits per heavy atom. The number of nitriles is 1. The fourth-order valence-electron chi connectivity index (χ4n) is 3.22. The highest BCUT2D eigenvalue weighted by atomic mass is 35.5. The quantitative estimate of drug-likeness (QED) is 0.702. The van der Waals surface area contributed by atoms with Gasteiger partial charge in [0.2, 0.25) is 5.88 Å². The van der Waals surface area contributed by atoms with Crippen LogP contribution in [0.15, 0.2) is 72.1 Å². The summed E-state index contributed by atoms with van der Waals surface area (Å²) in [6, 6.07) is 21.7. The van der Waals surface area contributed by atoms with Crippen LogP contribution >= 0.6 is 11.6 Å². The van der Waals surface area contributed by atoms with Gasteiger partial charge < -0.3 is 10.5 Å². The Hall–Kier alpha value is -2.96. The van der Waals surface area contributed by atoms with Crippen molar-refractivity contribution in [1.29, 1.82) is 5.26 Å². The van der Waals surface area contributed by atoms with Gasteiger partial charge in [-0.05, 0) is 23.1 Å². The summed E-state index contributed by atoms with van der Waals surface area (Å²) in [4.78, 5) is 0. The van der Waals surface area contributed by atoms with Crippen molar-refractivity contribution in [2.45, 2.75) is 5.92 Å². The summed E-state index contributed by atoms with van der Waals surface area (Å²) in [7, 11) is 0. The molecule has 3 aromatic rings. The fourth-order valence-corrected chi connectivity index (χ4v) is 3.41. The van der Waals surface area contributed by atoms with Gasteiger partial charge in [-0.25, -0.2) is 0 Å². The number of ether oxygens (including phenoxy) is 1. The number of hydrogen-bond donors (Lipinski definition) is 1. The monoisotopic (exact) mass is 332 g/mol. The summed E-state index contributed by atoms with van der Waals surface area (Å²) in [5, 5.41) is 12.3. The molecule has 3 aromatic carbocycles. The Morgan fingerprint density at radius 3 is 2.67 bits per heavy atom. The predicted molar refractivity (Wildman–Crippen MR) is 94.7 cm³/mol. The third-order valence-corrected chi connectivity index (χ3v) is 4.52. The van der Waals surface area contributed by atoms with Crippen LogP contribution in [0.5, 0.6) is 5.75 Å². The minimum absolute atomic E-state index is 0.145. The smallest absolute Gasteiger partial charge is 0.205 e. The number of nitrogens with two attached hydrogens (primary N) is 1. The largest absolute Gasteiger partial charge is 0.440 e. The molecule has 0 radical (unpaired) electrons. The molecule has 3 nitrogen and oxygen atoms in total. The lowest BCUT2D eigenvalue weighted by atomic mass is 9.82. The van der Waals surface area contributed by atoms with Crippen LogP contribution in [0.1, 0.15) is 17.0 Å². The molecule has 116 valence electrons. The highest BCUT2D eigenvalue weighted by Crippen LogP contribution is 2.45. The Labute approximate surface area is 144 Å². The molecule has 1 aliphatic heterocycles. The predicted octanol–water partition coefficient (Wildman–Crippen LogP) is 4.71.